The number of hydrogen-bond donors (Lipinski definition) is 2. The van der Waals surface area contributed by atoms with Gasteiger partial charge in [-0.05, 0) is 18.2 Å². The number of benzene rings is 1. The van der Waals surface area contributed by atoms with E-state index < -0.39 is 5.91 Å². The Hall–Kier alpha value is -1.50. The van der Waals surface area contributed by atoms with Gasteiger partial charge in [-0.25, -0.2) is 9.40 Å². The lowest BCUT2D eigenvalue weighted by Crippen LogP contribution is -2.45. The van der Waals surface area contributed by atoms with Gasteiger partial charge in [0, 0.05) is 30.8 Å². The molecule has 0 aliphatic carbocycles. The van der Waals surface area contributed by atoms with Crippen LogP contribution in [-0.2, 0) is 11.3 Å². The summed E-state index contributed by atoms with van der Waals surface area (Å²) in [7, 11) is 0. The lowest BCUT2D eigenvalue weighted by atomic mass is 10.1. The normalized spacial score (nSPS) is 16.7. The third kappa shape index (κ3) is 3.25. The Morgan fingerprint density at radius 3 is 2.83 bits per heavy atom. The fourth-order valence-electron chi connectivity index (χ4n) is 1.78. The molecule has 0 bridgehead atoms. The number of morpholine rings is 1. The predicted molar refractivity (Wildman–Crippen MR) is 64.1 cm³/mol. The van der Waals surface area contributed by atoms with Gasteiger partial charge < -0.3 is 10.5 Å². The fraction of sp³-hybridized carbons (Fsp3) is 0.417. The van der Waals surface area contributed by atoms with Gasteiger partial charge in [-0.1, -0.05) is 0 Å². The summed E-state index contributed by atoms with van der Waals surface area (Å²) in [6, 6.07) is 4.12. The van der Waals surface area contributed by atoms with Gasteiger partial charge in [-0.15, -0.1) is 0 Å². The van der Waals surface area contributed by atoms with E-state index in [1.807, 2.05) is 5.01 Å². The number of hydrazine groups is 1. The van der Waals surface area contributed by atoms with Crippen molar-refractivity contribution in [2.75, 3.05) is 26.3 Å². The molecule has 18 heavy (non-hydrogen) atoms. The number of nitrogens with zero attached hydrogens (tertiary/aromatic N) is 1. The minimum Gasteiger partial charge on any atom is -0.379 e. The summed E-state index contributed by atoms with van der Waals surface area (Å²) < 4.78 is 18.8. The number of nitrogens with two attached hydrogens (primary N) is 1. The van der Waals surface area contributed by atoms with Crippen molar-refractivity contribution in [2.24, 2.45) is 5.73 Å². The maximum Gasteiger partial charge on any atom is 0.248 e. The first-order valence-electron chi connectivity index (χ1n) is 5.81. The van der Waals surface area contributed by atoms with Crippen LogP contribution < -0.4 is 11.2 Å². The molecule has 5 nitrogen and oxygen atoms in total. The highest BCUT2D eigenvalue weighted by molar-refractivity contribution is 5.92. The van der Waals surface area contributed by atoms with Crippen LogP contribution in [0.2, 0.25) is 0 Å². The molecule has 1 aromatic carbocycles. The van der Waals surface area contributed by atoms with Crippen molar-refractivity contribution in [2.45, 2.75) is 6.54 Å². The molecular weight excluding hydrogens is 237 g/mol. The largest absolute Gasteiger partial charge is 0.379 e. The van der Waals surface area contributed by atoms with Crippen LogP contribution in [0.5, 0.6) is 0 Å². The maximum absolute atomic E-state index is 13.6. The number of carbonyl (C=O) groups is 1. The van der Waals surface area contributed by atoms with Crippen molar-refractivity contribution in [3.63, 3.8) is 0 Å². The van der Waals surface area contributed by atoms with Gasteiger partial charge in [-0.2, -0.15) is 0 Å². The van der Waals surface area contributed by atoms with Crippen LogP contribution in [0.25, 0.3) is 0 Å². The first kappa shape index (κ1) is 12.9. The third-order valence-electron chi connectivity index (χ3n) is 2.83. The molecule has 0 spiro atoms. The van der Waals surface area contributed by atoms with Crippen LogP contribution >= 0.6 is 0 Å². The average Bonchev–Trinajstić information content (AvgIpc) is 2.38. The van der Waals surface area contributed by atoms with E-state index in [2.05, 4.69) is 5.43 Å². The smallest absolute Gasteiger partial charge is 0.248 e. The van der Waals surface area contributed by atoms with Gasteiger partial charge in [0.2, 0.25) is 5.91 Å². The molecule has 1 amide bonds. The zero-order valence-corrected chi connectivity index (χ0v) is 9.99. The standard InChI is InChI=1S/C12H16FN3O2/c13-11-2-1-9(12(14)17)7-10(11)8-15-16-3-5-18-6-4-16/h1-2,7,15H,3-6,8H2,(H2,14,17). The van der Waals surface area contributed by atoms with Gasteiger partial charge >= 0.3 is 0 Å². The monoisotopic (exact) mass is 253 g/mol. The molecule has 0 aromatic heterocycles. The second-order valence-electron chi connectivity index (χ2n) is 4.10. The number of primary amides is 1. The highest BCUT2D eigenvalue weighted by Gasteiger charge is 2.11. The van der Waals surface area contributed by atoms with Crippen LogP contribution in [0.1, 0.15) is 15.9 Å². The fourth-order valence-corrected chi connectivity index (χ4v) is 1.78. The number of nitrogens with one attached hydrogen (secondary N) is 1. The topological polar surface area (TPSA) is 67.6 Å². The Morgan fingerprint density at radius 1 is 1.44 bits per heavy atom. The minimum atomic E-state index is -0.553. The van der Waals surface area contributed by atoms with Gasteiger partial charge in [0.1, 0.15) is 5.82 Å². The highest BCUT2D eigenvalue weighted by atomic mass is 19.1. The summed E-state index contributed by atoms with van der Waals surface area (Å²) in [5.74, 6) is -0.900. The predicted octanol–water partition coefficient (Wildman–Crippen LogP) is 0.261. The quantitative estimate of drug-likeness (QED) is 0.808. The maximum atomic E-state index is 13.6. The molecule has 0 saturated carbocycles. The summed E-state index contributed by atoms with van der Waals surface area (Å²) >= 11 is 0. The van der Waals surface area contributed by atoms with E-state index in [1.54, 1.807) is 0 Å². The van der Waals surface area contributed by atoms with E-state index in [9.17, 15) is 9.18 Å². The van der Waals surface area contributed by atoms with Crippen LogP contribution in [-0.4, -0.2) is 37.2 Å². The molecule has 0 radical (unpaired) electrons. The summed E-state index contributed by atoms with van der Waals surface area (Å²) in [4.78, 5) is 11.0. The second-order valence-corrected chi connectivity index (χ2v) is 4.10. The Bertz CT molecular complexity index is 433. The van der Waals surface area contributed by atoms with Gasteiger partial charge in [0.05, 0.1) is 13.2 Å². The number of halogens is 1. The number of rotatable bonds is 4. The molecule has 1 aromatic rings. The van der Waals surface area contributed by atoms with E-state index in [1.165, 1.54) is 18.2 Å². The van der Waals surface area contributed by atoms with E-state index in [0.717, 1.165) is 13.1 Å². The van der Waals surface area contributed by atoms with Gasteiger partial charge in [-0.3, -0.25) is 10.2 Å². The number of hydrogen-bond acceptors (Lipinski definition) is 4. The molecule has 2 rings (SSSR count). The highest BCUT2D eigenvalue weighted by Crippen LogP contribution is 2.10. The lowest BCUT2D eigenvalue weighted by molar-refractivity contribution is 0.0104. The van der Waals surface area contributed by atoms with Crippen molar-refractivity contribution in [3.8, 4) is 0 Å². The molecule has 1 aliphatic heterocycles. The van der Waals surface area contributed by atoms with Crippen molar-refractivity contribution < 1.29 is 13.9 Å². The van der Waals surface area contributed by atoms with Crippen molar-refractivity contribution >= 4 is 5.91 Å². The molecule has 6 heteroatoms. The van der Waals surface area contributed by atoms with E-state index in [0.29, 0.717) is 30.9 Å². The van der Waals surface area contributed by atoms with Crippen molar-refractivity contribution in [1.82, 2.24) is 10.4 Å². The lowest BCUT2D eigenvalue weighted by Gasteiger charge is -2.27. The molecule has 98 valence electrons. The molecule has 1 fully saturated rings. The second kappa shape index (κ2) is 5.90. The summed E-state index contributed by atoms with van der Waals surface area (Å²) in [5, 5.41) is 1.97. The van der Waals surface area contributed by atoms with Crippen molar-refractivity contribution in [3.05, 3.63) is 35.1 Å². The van der Waals surface area contributed by atoms with E-state index in [4.69, 9.17) is 10.5 Å². The molecular formula is C12H16FN3O2. The third-order valence-corrected chi connectivity index (χ3v) is 2.83. The van der Waals surface area contributed by atoms with E-state index >= 15 is 0 Å². The Kier molecular flexibility index (Phi) is 4.24. The zero-order valence-electron chi connectivity index (χ0n) is 9.99. The van der Waals surface area contributed by atoms with Gasteiger partial charge in [0.15, 0.2) is 0 Å². The Labute approximate surface area is 105 Å². The molecule has 0 unspecified atom stereocenters. The average molecular weight is 253 g/mol. The molecule has 1 aliphatic rings. The summed E-state index contributed by atoms with van der Waals surface area (Å²) in [6.45, 7) is 3.18. The molecule has 1 heterocycles. The van der Waals surface area contributed by atoms with E-state index in [-0.39, 0.29) is 5.82 Å². The first-order chi connectivity index (χ1) is 8.66. The number of ether oxygens (including phenoxy) is 1. The molecule has 0 atom stereocenters. The van der Waals surface area contributed by atoms with Gasteiger partial charge in [0.25, 0.3) is 0 Å². The number of carbonyl (C=O) groups excluding carboxylic acids is 1. The Balaban J connectivity index is 1.99. The SMILES string of the molecule is NC(=O)c1ccc(F)c(CNN2CCOCC2)c1. The number of amides is 1. The minimum absolute atomic E-state index is 0.315. The summed E-state index contributed by atoms with van der Waals surface area (Å²) in [6.07, 6.45) is 0. The van der Waals surface area contributed by atoms with Crippen LogP contribution in [0.4, 0.5) is 4.39 Å². The summed E-state index contributed by atoms with van der Waals surface area (Å²) in [5.41, 5.74) is 9.01. The van der Waals surface area contributed by atoms with Crippen LogP contribution in [0.15, 0.2) is 18.2 Å². The van der Waals surface area contributed by atoms with Crippen LogP contribution in [0, 0.1) is 5.82 Å². The van der Waals surface area contributed by atoms with Crippen molar-refractivity contribution in [1.29, 1.82) is 0 Å². The molecule has 3 N–H and O–H groups in total. The van der Waals surface area contributed by atoms with Crippen LogP contribution in [0.3, 0.4) is 0 Å². The Morgan fingerprint density at radius 2 is 2.17 bits per heavy atom. The zero-order chi connectivity index (χ0) is 13.0. The first-order valence-corrected chi connectivity index (χ1v) is 5.81. The molecule has 1 saturated heterocycles.